The summed E-state index contributed by atoms with van der Waals surface area (Å²) in [5, 5.41) is 10.3. The SMILES string of the molecule is CCCCCCCCCCCCCCCCCCSCC[O]. The van der Waals surface area contributed by atoms with Crippen molar-refractivity contribution in [2.45, 2.75) is 110 Å². The van der Waals surface area contributed by atoms with Crippen molar-refractivity contribution < 1.29 is 5.11 Å². The van der Waals surface area contributed by atoms with Crippen LogP contribution in [-0.2, 0) is 5.11 Å². The van der Waals surface area contributed by atoms with Crippen LogP contribution in [-0.4, -0.2) is 18.1 Å². The van der Waals surface area contributed by atoms with Crippen LogP contribution in [0.5, 0.6) is 0 Å². The molecule has 0 N–H and O–H groups in total. The van der Waals surface area contributed by atoms with Gasteiger partial charge in [-0.05, 0) is 12.2 Å². The molecule has 1 nitrogen and oxygen atoms in total. The van der Waals surface area contributed by atoms with Crippen molar-refractivity contribution >= 4 is 11.8 Å². The highest BCUT2D eigenvalue weighted by Crippen LogP contribution is 2.14. The first-order valence-electron chi connectivity index (χ1n) is 10.1. The van der Waals surface area contributed by atoms with E-state index in [1.165, 1.54) is 108 Å². The van der Waals surface area contributed by atoms with Crippen molar-refractivity contribution in [3.8, 4) is 0 Å². The van der Waals surface area contributed by atoms with E-state index < -0.39 is 0 Å². The predicted molar refractivity (Wildman–Crippen MR) is 102 cm³/mol. The smallest absolute Gasteiger partial charge is 0.0912 e. The zero-order valence-electron chi connectivity index (χ0n) is 15.3. The highest BCUT2D eigenvalue weighted by Gasteiger charge is 1.95. The van der Waals surface area contributed by atoms with Gasteiger partial charge in [-0.3, -0.25) is 0 Å². The maximum absolute atomic E-state index is 10.3. The third-order valence-corrected chi connectivity index (χ3v) is 5.40. The topological polar surface area (TPSA) is 19.9 Å². The Balaban J connectivity index is 2.91. The fraction of sp³-hybridized carbons (Fsp3) is 1.00. The lowest BCUT2D eigenvalue weighted by Gasteiger charge is -2.03. The molecule has 0 saturated heterocycles. The number of unbranched alkanes of at least 4 members (excludes halogenated alkanes) is 15. The van der Waals surface area contributed by atoms with Crippen LogP contribution >= 0.6 is 11.8 Å². The van der Waals surface area contributed by atoms with Crippen molar-refractivity contribution in [2.75, 3.05) is 18.1 Å². The van der Waals surface area contributed by atoms with Gasteiger partial charge in [-0.1, -0.05) is 103 Å². The fourth-order valence-electron chi connectivity index (χ4n) is 2.91. The summed E-state index contributed by atoms with van der Waals surface area (Å²) >= 11 is 1.83. The van der Waals surface area contributed by atoms with Gasteiger partial charge in [0.05, 0.1) is 6.61 Å². The van der Waals surface area contributed by atoms with Gasteiger partial charge in [0, 0.05) is 5.75 Å². The van der Waals surface area contributed by atoms with Crippen LogP contribution in [0.15, 0.2) is 0 Å². The average Bonchev–Trinajstić information content (AvgIpc) is 2.54. The van der Waals surface area contributed by atoms with E-state index in [-0.39, 0.29) is 6.61 Å². The molecule has 0 atom stereocenters. The molecule has 0 aromatic rings. The van der Waals surface area contributed by atoms with Crippen LogP contribution in [0.2, 0.25) is 0 Å². The Morgan fingerprint density at radius 2 is 0.864 bits per heavy atom. The maximum atomic E-state index is 10.3. The monoisotopic (exact) mass is 329 g/mol. The Morgan fingerprint density at radius 3 is 1.23 bits per heavy atom. The lowest BCUT2D eigenvalue weighted by atomic mass is 10.0. The van der Waals surface area contributed by atoms with E-state index in [1.54, 1.807) is 0 Å². The van der Waals surface area contributed by atoms with E-state index in [0.29, 0.717) is 0 Å². The molecule has 0 aliphatic rings. The molecule has 0 bridgehead atoms. The molecule has 0 aliphatic heterocycles. The van der Waals surface area contributed by atoms with Gasteiger partial charge in [0.15, 0.2) is 0 Å². The Bertz CT molecular complexity index is 165. The maximum Gasteiger partial charge on any atom is 0.0912 e. The number of rotatable bonds is 19. The Kier molecular flexibility index (Phi) is 21.6. The van der Waals surface area contributed by atoms with Gasteiger partial charge in [0.1, 0.15) is 0 Å². The molecule has 0 saturated carbocycles. The first-order valence-corrected chi connectivity index (χ1v) is 11.2. The van der Waals surface area contributed by atoms with Crippen LogP contribution in [0.1, 0.15) is 110 Å². The normalized spacial score (nSPS) is 11.2. The van der Waals surface area contributed by atoms with Gasteiger partial charge in [-0.2, -0.15) is 11.8 Å². The molecule has 22 heavy (non-hydrogen) atoms. The average molecular weight is 330 g/mol. The largest absolute Gasteiger partial charge is 0.236 e. The minimum Gasteiger partial charge on any atom is -0.236 e. The molecular weight excluding hydrogens is 288 g/mol. The summed E-state index contributed by atoms with van der Waals surface area (Å²) in [6.45, 7) is 2.37. The van der Waals surface area contributed by atoms with Crippen LogP contribution in [0.4, 0.5) is 0 Å². The molecule has 1 radical (unpaired) electrons. The molecule has 0 heterocycles. The molecule has 0 unspecified atom stereocenters. The number of hydrogen-bond acceptors (Lipinski definition) is 1. The second kappa shape index (κ2) is 21.3. The number of hydrogen-bond donors (Lipinski definition) is 0. The fourth-order valence-corrected chi connectivity index (χ4v) is 3.64. The minimum atomic E-state index is 0.0868. The summed E-state index contributed by atoms with van der Waals surface area (Å²) in [4.78, 5) is 0. The molecule has 0 aromatic carbocycles. The van der Waals surface area contributed by atoms with Gasteiger partial charge >= 0.3 is 0 Å². The van der Waals surface area contributed by atoms with Crippen LogP contribution in [0, 0.1) is 0 Å². The summed E-state index contributed by atoms with van der Waals surface area (Å²) < 4.78 is 0. The van der Waals surface area contributed by atoms with Crippen molar-refractivity contribution in [2.24, 2.45) is 0 Å². The van der Waals surface area contributed by atoms with Gasteiger partial charge < -0.3 is 0 Å². The zero-order valence-corrected chi connectivity index (χ0v) is 16.1. The summed E-state index contributed by atoms with van der Waals surface area (Å²) in [5.74, 6) is 2.00. The molecule has 0 amide bonds. The third-order valence-electron chi connectivity index (χ3n) is 4.37. The lowest BCUT2D eigenvalue weighted by Crippen LogP contribution is -1.88. The lowest BCUT2D eigenvalue weighted by molar-refractivity contribution is 0.215. The Morgan fingerprint density at radius 1 is 0.500 bits per heavy atom. The van der Waals surface area contributed by atoms with Gasteiger partial charge in [-0.25, -0.2) is 5.11 Å². The molecule has 0 spiro atoms. The molecule has 0 fully saturated rings. The standard InChI is InChI=1S/C20H41OS/c1-2-3-4-5-6-7-8-9-10-11-12-13-14-15-16-17-19-22-20-18-21/h2-20H2,1H3. The quantitative estimate of drug-likeness (QED) is 0.226. The van der Waals surface area contributed by atoms with Crippen molar-refractivity contribution in [3.63, 3.8) is 0 Å². The van der Waals surface area contributed by atoms with Crippen LogP contribution < -0.4 is 0 Å². The summed E-state index contributed by atoms with van der Waals surface area (Å²) in [5.41, 5.74) is 0. The highest BCUT2D eigenvalue weighted by molar-refractivity contribution is 7.99. The number of thioether (sulfide) groups is 1. The first kappa shape index (κ1) is 22.3. The van der Waals surface area contributed by atoms with E-state index in [4.69, 9.17) is 0 Å². The minimum absolute atomic E-state index is 0.0868. The van der Waals surface area contributed by atoms with Gasteiger partial charge in [-0.15, -0.1) is 0 Å². The Labute approximate surface area is 145 Å². The second-order valence-corrected chi connectivity index (χ2v) is 7.84. The molecule has 0 aliphatic carbocycles. The third kappa shape index (κ3) is 20.3. The van der Waals surface area contributed by atoms with Crippen molar-refractivity contribution in [1.29, 1.82) is 0 Å². The van der Waals surface area contributed by atoms with Crippen LogP contribution in [0.25, 0.3) is 0 Å². The molecule has 0 rings (SSSR count). The van der Waals surface area contributed by atoms with E-state index in [2.05, 4.69) is 6.92 Å². The predicted octanol–water partition coefficient (Wildman–Crippen LogP) is 7.41. The molecule has 2 heteroatoms. The van der Waals surface area contributed by atoms with Crippen molar-refractivity contribution in [3.05, 3.63) is 0 Å². The van der Waals surface area contributed by atoms with Crippen molar-refractivity contribution in [1.82, 2.24) is 0 Å². The van der Waals surface area contributed by atoms with Gasteiger partial charge in [0.25, 0.3) is 0 Å². The van der Waals surface area contributed by atoms with E-state index >= 15 is 0 Å². The van der Waals surface area contributed by atoms with Crippen LogP contribution in [0.3, 0.4) is 0 Å². The van der Waals surface area contributed by atoms with E-state index in [1.807, 2.05) is 11.8 Å². The first-order chi connectivity index (χ1) is 10.9. The van der Waals surface area contributed by atoms with E-state index in [0.717, 1.165) is 5.75 Å². The zero-order chi connectivity index (χ0) is 16.1. The molecule has 133 valence electrons. The highest BCUT2D eigenvalue weighted by atomic mass is 32.2. The summed E-state index contributed by atoms with van der Waals surface area (Å²) in [7, 11) is 0. The van der Waals surface area contributed by atoms with E-state index in [9.17, 15) is 5.11 Å². The van der Waals surface area contributed by atoms with Gasteiger partial charge in [0.2, 0.25) is 0 Å². The summed E-state index contributed by atoms with van der Waals surface area (Å²) in [6.07, 6.45) is 22.9. The second-order valence-electron chi connectivity index (χ2n) is 6.62. The molecular formula is C20H41OS. The summed E-state index contributed by atoms with van der Waals surface area (Å²) in [6, 6.07) is 0. The Hall–Kier alpha value is 0.310. The molecule has 0 aromatic heterocycles.